The molecule has 1 heterocycles. The van der Waals surface area contributed by atoms with Gasteiger partial charge >= 0.3 is 0 Å². The number of anilines is 1. The summed E-state index contributed by atoms with van der Waals surface area (Å²) in [5, 5.41) is 9.21. The molecule has 1 aromatic heterocycles. The number of nitrogens with zero attached hydrogens (tertiary/aromatic N) is 3. The Morgan fingerprint density at radius 1 is 1.39 bits per heavy atom. The average molecular weight is 363 g/mol. The molecule has 0 radical (unpaired) electrons. The molecule has 1 aromatic rings. The van der Waals surface area contributed by atoms with Gasteiger partial charge in [0.25, 0.3) is 0 Å². The highest BCUT2D eigenvalue weighted by Gasteiger charge is 2.22. The van der Waals surface area contributed by atoms with Crippen molar-refractivity contribution in [2.75, 3.05) is 38.8 Å². The molecule has 3 N–H and O–H groups in total. The van der Waals surface area contributed by atoms with Crippen LogP contribution in [0.5, 0.6) is 0 Å². The molecule has 10 heteroatoms. The summed E-state index contributed by atoms with van der Waals surface area (Å²) in [7, 11) is 2.31. The van der Waals surface area contributed by atoms with Gasteiger partial charge < -0.3 is 15.5 Å². The van der Waals surface area contributed by atoms with Crippen LogP contribution in [0.15, 0.2) is 10.4 Å². The average Bonchev–Trinajstić information content (AvgIpc) is 2.85. The van der Waals surface area contributed by atoms with Crippen molar-refractivity contribution in [3.8, 4) is 0 Å². The Kier molecular flexibility index (Phi) is 6.78. The molecule has 0 aliphatic heterocycles. The second-order valence-corrected chi connectivity index (χ2v) is 8.64. The lowest BCUT2D eigenvalue weighted by Gasteiger charge is -2.26. The SMILES string of the molecule is CN=C(NCc1csc(N(C)C)n1)NCC(C)(C)NS(C)(=O)=O. The van der Waals surface area contributed by atoms with Crippen LogP contribution >= 0.6 is 11.3 Å². The van der Waals surface area contributed by atoms with E-state index in [9.17, 15) is 8.42 Å². The van der Waals surface area contributed by atoms with Crippen LogP contribution in [0.2, 0.25) is 0 Å². The normalized spacial score (nSPS) is 13.0. The Morgan fingerprint density at radius 3 is 2.52 bits per heavy atom. The summed E-state index contributed by atoms with van der Waals surface area (Å²) in [4.78, 5) is 10.6. The van der Waals surface area contributed by atoms with Gasteiger partial charge in [0.05, 0.1) is 18.5 Å². The van der Waals surface area contributed by atoms with Gasteiger partial charge in [-0.3, -0.25) is 4.99 Å². The summed E-state index contributed by atoms with van der Waals surface area (Å²) in [5.74, 6) is 0.591. The third-order valence-electron chi connectivity index (χ3n) is 2.74. The molecule has 1 rings (SSSR count). The first-order chi connectivity index (χ1) is 10.5. The van der Waals surface area contributed by atoms with Gasteiger partial charge in [0.2, 0.25) is 10.0 Å². The number of aromatic nitrogens is 1. The minimum absolute atomic E-state index is 0.403. The number of rotatable bonds is 7. The highest BCUT2D eigenvalue weighted by molar-refractivity contribution is 7.88. The second-order valence-electron chi connectivity index (χ2n) is 6.05. The first kappa shape index (κ1) is 19.7. The van der Waals surface area contributed by atoms with E-state index >= 15 is 0 Å². The molecule has 0 spiro atoms. The van der Waals surface area contributed by atoms with Crippen LogP contribution in [-0.2, 0) is 16.6 Å². The summed E-state index contributed by atoms with van der Waals surface area (Å²) in [5.41, 5.74) is 0.305. The van der Waals surface area contributed by atoms with Crippen molar-refractivity contribution >= 4 is 32.5 Å². The van der Waals surface area contributed by atoms with Crippen molar-refractivity contribution in [3.63, 3.8) is 0 Å². The Labute approximate surface area is 142 Å². The Balaban J connectivity index is 2.51. The largest absolute Gasteiger partial charge is 0.355 e. The topological polar surface area (TPSA) is 98.7 Å². The molecule has 0 bridgehead atoms. The van der Waals surface area contributed by atoms with Crippen LogP contribution < -0.4 is 20.3 Å². The smallest absolute Gasteiger partial charge is 0.209 e. The summed E-state index contributed by atoms with van der Waals surface area (Å²) in [6, 6.07) is 0. The van der Waals surface area contributed by atoms with E-state index in [1.807, 2.05) is 24.4 Å². The predicted octanol–water partition coefficient (Wildman–Crippen LogP) is 0.202. The zero-order chi connectivity index (χ0) is 17.7. The van der Waals surface area contributed by atoms with E-state index in [1.165, 1.54) is 0 Å². The number of thiazole rings is 1. The zero-order valence-corrected chi connectivity index (χ0v) is 16.1. The Morgan fingerprint density at radius 2 is 2.04 bits per heavy atom. The van der Waals surface area contributed by atoms with E-state index in [1.54, 1.807) is 32.2 Å². The number of guanidine groups is 1. The standard InChI is InChI=1S/C13H26N6O2S2/c1-13(2,18-23(6,20)21)9-16-11(14-3)15-7-10-8-22-12(17-10)19(4)5/h8,18H,7,9H2,1-6H3,(H2,14,15,16). The van der Waals surface area contributed by atoms with Crippen molar-refractivity contribution in [1.29, 1.82) is 0 Å². The summed E-state index contributed by atoms with van der Waals surface area (Å²) >= 11 is 1.58. The second kappa shape index (κ2) is 7.93. The lowest BCUT2D eigenvalue weighted by Crippen LogP contribution is -2.52. The fourth-order valence-corrected chi connectivity index (χ4v) is 3.65. The van der Waals surface area contributed by atoms with Crippen LogP contribution in [0, 0.1) is 0 Å². The van der Waals surface area contributed by atoms with E-state index in [0.29, 0.717) is 19.0 Å². The minimum atomic E-state index is -3.26. The third-order valence-corrected chi connectivity index (χ3v) is 4.72. The molecule has 132 valence electrons. The van der Waals surface area contributed by atoms with Crippen molar-refractivity contribution in [2.24, 2.45) is 4.99 Å². The maximum absolute atomic E-state index is 11.3. The van der Waals surface area contributed by atoms with Crippen LogP contribution in [-0.4, -0.2) is 58.8 Å². The highest BCUT2D eigenvalue weighted by Crippen LogP contribution is 2.17. The number of hydrogen-bond acceptors (Lipinski definition) is 6. The van der Waals surface area contributed by atoms with E-state index in [4.69, 9.17) is 0 Å². The molecule has 0 unspecified atom stereocenters. The van der Waals surface area contributed by atoms with Crippen molar-refractivity contribution < 1.29 is 8.42 Å². The number of aliphatic imine (C=N–C) groups is 1. The molecule has 0 aliphatic carbocycles. The number of hydrogen-bond donors (Lipinski definition) is 3. The molecule has 0 saturated carbocycles. The van der Waals surface area contributed by atoms with Crippen LogP contribution in [0.25, 0.3) is 0 Å². The van der Waals surface area contributed by atoms with E-state index in [2.05, 4.69) is 25.3 Å². The summed E-state index contributed by atoms with van der Waals surface area (Å²) < 4.78 is 25.2. The van der Waals surface area contributed by atoms with Crippen LogP contribution in [0.1, 0.15) is 19.5 Å². The van der Waals surface area contributed by atoms with Crippen molar-refractivity contribution in [1.82, 2.24) is 20.3 Å². The monoisotopic (exact) mass is 362 g/mol. The molecule has 0 aliphatic rings. The van der Waals surface area contributed by atoms with Gasteiger partial charge in [-0.2, -0.15) is 0 Å². The van der Waals surface area contributed by atoms with E-state index in [0.717, 1.165) is 17.1 Å². The van der Waals surface area contributed by atoms with Gasteiger partial charge in [0.1, 0.15) is 0 Å². The lowest BCUT2D eigenvalue weighted by atomic mass is 10.1. The molecule has 0 aromatic carbocycles. The summed E-state index contributed by atoms with van der Waals surface area (Å²) in [6.45, 7) is 4.56. The maximum atomic E-state index is 11.3. The maximum Gasteiger partial charge on any atom is 0.209 e. The van der Waals surface area contributed by atoms with E-state index in [-0.39, 0.29) is 0 Å². The molecular formula is C13H26N6O2S2. The fourth-order valence-electron chi connectivity index (χ4n) is 1.82. The number of sulfonamides is 1. The Bertz CT molecular complexity index is 637. The predicted molar refractivity (Wildman–Crippen MR) is 96.7 cm³/mol. The minimum Gasteiger partial charge on any atom is -0.355 e. The van der Waals surface area contributed by atoms with Gasteiger partial charge in [0.15, 0.2) is 11.1 Å². The van der Waals surface area contributed by atoms with Crippen LogP contribution in [0.3, 0.4) is 0 Å². The molecule has 0 fully saturated rings. The quantitative estimate of drug-likeness (QED) is 0.473. The fraction of sp³-hybridized carbons (Fsp3) is 0.692. The third kappa shape index (κ3) is 7.62. The summed E-state index contributed by atoms with van der Waals surface area (Å²) in [6.07, 6.45) is 1.15. The molecule has 0 amide bonds. The molecule has 8 nitrogen and oxygen atoms in total. The van der Waals surface area contributed by atoms with Gasteiger partial charge in [0, 0.05) is 38.6 Å². The first-order valence-corrected chi connectivity index (χ1v) is 9.85. The highest BCUT2D eigenvalue weighted by atomic mass is 32.2. The number of nitrogens with one attached hydrogen (secondary N) is 3. The molecule has 0 saturated heterocycles. The molecular weight excluding hydrogens is 336 g/mol. The van der Waals surface area contributed by atoms with Crippen molar-refractivity contribution in [3.05, 3.63) is 11.1 Å². The lowest BCUT2D eigenvalue weighted by molar-refractivity contribution is 0.446. The van der Waals surface area contributed by atoms with Gasteiger partial charge in [-0.1, -0.05) is 0 Å². The molecule has 0 atom stereocenters. The van der Waals surface area contributed by atoms with Crippen LogP contribution in [0.4, 0.5) is 5.13 Å². The van der Waals surface area contributed by atoms with Crippen molar-refractivity contribution in [2.45, 2.75) is 25.9 Å². The zero-order valence-electron chi connectivity index (χ0n) is 14.5. The Hall–Kier alpha value is -1.39. The first-order valence-electron chi connectivity index (χ1n) is 7.07. The van der Waals surface area contributed by atoms with Gasteiger partial charge in [-0.05, 0) is 13.8 Å². The van der Waals surface area contributed by atoms with E-state index < -0.39 is 15.6 Å². The van der Waals surface area contributed by atoms with Gasteiger partial charge in [-0.15, -0.1) is 11.3 Å². The van der Waals surface area contributed by atoms with Gasteiger partial charge in [-0.25, -0.2) is 18.1 Å². The molecule has 23 heavy (non-hydrogen) atoms.